The van der Waals surface area contributed by atoms with Gasteiger partial charge in [0.25, 0.3) is 5.70 Å². The number of nitrogens with zero attached hydrogens (tertiary/aromatic N) is 4. The van der Waals surface area contributed by atoms with Gasteiger partial charge in [0.15, 0.2) is 0 Å². The lowest BCUT2D eigenvalue weighted by Gasteiger charge is -2.29. The molecule has 0 atom stereocenters. The topological polar surface area (TPSA) is 51.4 Å². The van der Waals surface area contributed by atoms with E-state index in [1.165, 1.54) is 68.8 Å². The second kappa shape index (κ2) is 19.8. The molecule has 46 heavy (non-hydrogen) atoms. The van der Waals surface area contributed by atoms with E-state index in [4.69, 9.17) is 11.7 Å². The third-order valence-corrected chi connectivity index (χ3v) is 8.11. The Bertz CT molecular complexity index is 1340. The number of hydrogen-bond acceptors (Lipinski definition) is 4. The molecule has 0 aliphatic carbocycles. The number of aliphatic carboxylic acids is 1. The molecular weight excluding hydrogens is 568 g/mol. The Balaban J connectivity index is 1.98. The molecule has 0 aliphatic rings. The molecule has 0 spiro atoms. The lowest BCUT2D eigenvalue weighted by atomic mass is 10.1. The Morgan fingerprint density at radius 2 is 0.978 bits per heavy atom. The van der Waals surface area contributed by atoms with Crippen LogP contribution in [0.25, 0.3) is 10.9 Å². The van der Waals surface area contributed by atoms with Gasteiger partial charge in [0.1, 0.15) is 0 Å². The molecule has 0 unspecified atom stereocenters. The first kappa shape index (κ1) is 36.0. The smallest absolute Gasteiger partial charge is 0.333 e. The second-order valence-electron chi connectivity index (χ2n) is 11.7. The summed E-state index contributed by atoms with van der Waals surface area (Å²) < 4.78 is 0. The predicted octanol–water partition coefficient (Wildman–Crippen LogP) is 10.9. The lowest BCUT2D eigenvalue weighted by molar-refractivity contribution is -0.132. The van der Waals surface area contributed by atoms with E-state index in [1.807, 2.05) is 18.2 Å². The molecule has 244 valence electrons. The molecule has 0 fully saturated rings. The van der Waals surface area contributed by atoms with Crippen LogP contribution < -0.4 is 14.7 Å². The summed E-state index contributed by atoms with van der Waals surface area (Å²) in [5.41, 5.74) is 6.34. The molecule has 6 heteroatoms. The quantitative estimate of drug-likeness (QED) is 0.0774. The summed E-state index contributed by atoms with van der Waals surface area (Å²) in [6, 6.07) is 26.1. The zero-order chi connectivity index (χ0) is 33.1. The van der Waals surface area contributed by atoms with E-state index < -0.39 is 5.97 Å². The zero-order valence-corrected chi connectivity index (χ0v) is 28.3. The number of allylic oxidation sites excluding steroid dienone is 2. The van der Waals surface area contributed by atoms with Crippen molar-refractivity contribution in [2.75, 3.05) is 40.9 Å². The SMILES string of the molecule is [C-]#[N+]/C(=C\C=C\c1ccc(N(c2ccc(N(CCCC)CCCC)cc2)c2ccc(N(CCCC)CCCC)cc2)cc1)C(=O)O. The summed E-state index contributed by atoms with van der Waals surface area (Å²) in [5, 5.41) is 9.10. The van der Waals surface area contributed by atoms with Crippen molar-refractivity contribution in [1.29, 1.82) is 0 Å². The van der Waals surface area contributed by atoms with Crippen molar-refractivity contribution in [1.82, 2.24) is 0 Å². The Morgan fingerprint density at radius 3 is 1.30 bits per heavy atom. The minimum Gasteiger partial charge on any atom is -0.486 e. The molecule has 3 aromatic carbocycles. The number of carbonyl (C=O) groups is 1. The molecule has 0 heterocycles. The van der Waals surface area contributed by atoms with Crippen LogP contribution in [-0.2, 0) is 4.79 Å². The molecule has 3 aromatic rings. The molecule has 0 aromatic heterocycles. The summed E-state index contributed by atoms with van der Waals surface area (Å²) in [6.07, 6.45) is 14.2. The molecule has 0 saturated heterocycles. The van der Waals surface area contributed by atoms with Crippen LogP contribution in [0.5, 0.6) is 0 Å². The minimum atomic E-state index is -1.22. The third-order valence-electron chi connectivity index (χ3n) is 8.11. The van der Waals surface area contributed by atoms with Gasteiger partial charge in [-0.2, -0.15) is 0 Å². The highest BCUT2D eigenvalue weighted by Gasteiger charge is 2.15. The fourth-order valence-electron chi connectivity index (χ4n) is 5.35. The van der Waals surface area contributed by atoms with E-state index >= 15 is 0 Å². The van der Waals surface area contributed by atoms with Crippen LogP contribution >= 0.6 is 0 Å². The highest BCUT2D eigenvalue weighted by Crippen LogP contribution is 2.36. The summed E-state index contributed by atoms with van der Waals surface area (Å²) >= 11 is 0. The van der Waals surface area contributed by atoms with Gasteiger partial charge in [0.2, 0.25) is 0 Å². The fraction of sp³-hybridized carbons (Fsp3) is 0.400. The zero-order valence-electron chi connectivity index (χ0n) is 28.3. The van der Waals surface area contributed by atoms with Crippen molar-refractivity contribution in [3.05, 3.63) is 108 Å². The first-order valence-electron chi connectivity index (χ1n) is 17.0. The maximum absolute atomic E-state index is 11.1. The van der Waals surface area contributed by atoms with E-state index in [2.05, 4.69) is 108 Å². The van der Waals surface area contributed by atoms with Crippen molar-refractivity contribution in [2.24, 2.45) is 0 Å². The standard InChI is InChI=1S/C40H52N4O2/c1-6-10-29-42(30-11-7-2)34-21-25-37(26-22-34)44(36-19-17-33(18-20-36)15-14-16-39(41-5)40(45)46)38-27-23-35(24-28-38)43(31-12-8-3)32-13-9-4/h14-28H,6-13,29-32H2,1-4H3,(H,45,46)/b15-14+,39-16-. The van der Waals surface area contributed by atoms with Crippen molar-refractivity contribution in [2.45, 2.75) is 79.1 Å². The largest absolute Gasteiger partial charge is 0.486 e. The monoisotopic (exact) mass is 620 g/mol. The summed E-state index contributed by atoms with van der Waals surface area (Å²) in [5.74, 6) is -1.22. The average Bonchev–Trinajstić information content (AvgIpc) is 3.08. The molecular formula is C40H52N4O2. The first-order valence-corrected chi connectivity index (χ1v) is 17.0. The number of benzene rings is 3. The van der Waals surface area contributed by atoms with Gasteiger partial charge in [-0.3, -0.25) is 4.79 Å². The van der Waals surface area contributed by atoms with E-state index in [0.717, 1.165) is 48.8 Å². The van der Waals surface area contributed by atoms with Crippen LogP contribution in [0.15, 0.2) is 90.6 Å². The number of carboxylic acids is 1. The van der Waals surface area contributed by atoms with Crippen LogP contribution in [-0.4, -0.2) is 37.3 Å². The average molecular weight is 621 g/mol. The van der Waals surface area contributed by atoms with Gasteiger partial charge in [-0.05, 0) is 98.0 Å². The van der Waals surface area contributed by atoms with Crippen LogP contribution in [0.2, 0.25) is 0 Å². The number of unbranched alkanes of at least 4 members (excludes halogenated alkanes) is 4. The summed E-state index contributed by atoms with van der Waals surface area (Å²) in [7, 11) is 0. The van der Waals surface area contributed by atoms with Crippen molar-refractivity contribution in [3.63, 3.8) is 0 Å². The van der Waals surface area contributed by atoms with Gasteiger partial charge in [-0.1, -0.05) is 77.7 Å². The highest BCUT2D eigenvalue weighted by atomic mass is 16.4. The van der Waals surface area contributed by atoms with Gasteiger partial charge >= 0.3 is 5.97 Å². The Morgan fingerprint density at radius 1 is 0.630 bits per heavy atom. The van der Waals surface area contributed by atoms with Crippen molar-refractivity contribution in [3.8, 4) is 0 Å². The molecule has 0 saturated carbocycles. The normalized spacial score (nSPS) is 11.4. The van der Waals surface area contributed by atoms with Crippen molar-refractivity contribution >= 4 is 40.5 Å². The van der Waals surface area contributed by atoms with E-state index in [9.17, 15) is 4.79 Å². The molecule has 1 N–H and O–H groups in total. The van der Waals surface area contributed by atoms with Crippen molar-refractivity contribution < 1.29 is 9.90 Å². The maximum atomic E-state index is 11.1. The van der Waals surface area contributed by atoms with Crippen LogP contribution in [0.4, 0.5) is 28.4 Å². The van der Waals surface area contributed by atoms with E-state index in [-0.39, 0.29) is 5.70 Å². The Labute approximate surface area is 277 Å². The molecule has 0 amide bonds. The maximum Gasteiger partial charge on any atom is 0.333 e. The minimum absolute atomic E-state index is 0.308. The van der Waals surface area contributed by atoms with Gasteiger partial charge in [0.05, 0.1) is 6.57 Å². The van der Waals surface area contributed by atoms with E-state index in [0.29, 0.717) is 0 Å². The number of carboxylic acid groups (broad SMARTS) is 1. The van der Waals surface area contributed by atoms with E-state index in [1.54, 1.807) is 6.08 Å². The fourth-order valence-corrected chi connectivity index (χ4v) is 5.35. The van der Waals surface area contributed by atoms with Crippen LogP contribution in [0, 0.1) is 6.57 Å². The lowest BCUT2D eigenvalue weighted by Crippen LogP contribution is -2.25. The summed E-state index contributed by atoms with van der Waals surface area (Å²) in [4.78, 5) is 21.5. The molecule has 3 rings (SSSR count). The molecule has 0 bridgehead atoms. The third kappa shape index (κ3) is 10.8. The predicted molar refractivity (Wildman–Crippen MR) is 197 cm³/mol. The van der Waals surface area contributed by atoms with Gasteiger partial charge < -0.3 is 19.8 Å². The van der Waals surface area contributed by atoms with Crippen LogP contribution in [0.3, 0.4) is 0 Å². The molecule has 0 aliphatic heterocycles. The number of hydrogen-bond donors (Lipinski definition) is 1. The number of rotatable bonds is 20. The first-order chi connectivity index (χ1) is 22.4. The molecule has 6 nitrogen and oxygen atoms in total. The Kier molecular flexibility index (Phi) is 15.5. The van der Waals surface area contributed by atoms with Gasteiger partial charge in [-0.25, -0.2) is 4.85 Å². The Hall–Kier alpha value is -4.50. The highest BCUT2D eigenvalue weighted by molar-refractivity contribution is 5.89. The van der Waals surface area contributed by atoms with Gasteiger partial charge in [-0.15, -0.1) is 0 Å². The second-order valence-corrected chi connectivity index (χ2v) is 11.7. The van der Waals surface area contributed by atoms with Gasteiger partial charge in [0, 0.05) is 54.6 Å². The molecule has 0 radical (unpaired) electrons. The number of anilines is 5. The van der Waals surface area contributed by atoms with Crippen LogP contribution in [0.1, 0.15) is 84.6 Å². The summed E-state index contributed by atoms with van der Waals surface area (Å²) in [6.45, 7) is 20.3.